The van der Waals surface area contributed by atoms with E-state index in [2.05, 4.69) is 60.2 Å². The van der Waals surface area contributed by atoms with Gasteiger partial charge in [-0.3, -0.25) is 0 Å². The van der Waals surface area contributed by atoms with Gasteiger partial charge in [0.15, 0.2) is 0 Å². The molecule has 2 aromatic carbocycles. The molecule has 0 N–H and O–H groups in total. The van der Waals surface area contributed by atoms with Crippen molar-refractivity contribution in [1.82, 2.24) is 9.91 Å². The second kappa shape index (κ2) is 7.06. The molecular weight excluding hydrogens is 362 g/mol. The predicted molar refractivity (Wildman–Crippen MR) is 114 cm³/mol. The highest BCUT2D eigenvalue weighted by atomic mass is 16.5. The minimum absolute atomic E-state index is 0.239. The van der Waals surface area contributed by atoms with Gasteiger partial charge in [-0.2, -0.15) is 5.10 Å². The predicted octanol–water partition coefficient (Wildman–Crippen LogP) is 4.44. The molecule has 0 radical (unpaired) electrons. The Morgan fingerprint density at radius 3 is 2.48 bits per heavy atom. The largest absolute Gasteiger partial charge is 0.497 e. The lowest BCUT2D eigenvalue weighted by Crippen LogP contribution is -2.59. The van der Waals surface area contributed by atoms with E-state index in [0.29, 0.717) is 6.04 Å². The zero-order valence-corrected chi connectivity index (χ0v) is 17.5. The number of ether oxygens (including phenoxy) is 2. The van der Waals surface area contributed by atoms with Crippen LogP contribution in [-0.2, 0) is 0 Å². The molecule has 1 unspecified atom stereocenters. The maximum Gasteiger partial charge on any atom is 0.200 e. The first-order chi connectivity index (χ1) is 14.1. The summed E-state index contributed by atoms with van der Waals surface area (Å²) in [7, 11) is 1.70. The fraction of sp³-hybridized carbons (Fsp3) is 0.458. The van der Waals surface area contributed by atoms with Gasteiger partial charge in [0.05, 0.1) is 18.9 Å². The van der Waals surface area contributed by atoms with E-state index in [9.17, 15) is 0 Å². The average molecular weight is 392 g/mol. The Kier molecular flexibility index (Phi) is 4.50. The molecular formula is C24H29N3O2. The van der Waals surface area contributed by atoms with Gasteiger partial charge in [0.25, 0.3) is 0 Å². The molecule has 5 nitrogen and oxygen atoms in total. The standard InChI is InChI=1S/C24H29N3O2/c1-17(2)26-14-12-24(13-15-26)27-22(20-6-4-5-7-23(20)29-24)16-21(25-27)18-8-10-19(28-3)11-9-18/h4-11,17,22H,12-16H2,1-3H3. The number of rotatable bonds is 3. The molecule has 0 aliphatic carbocycles. The van der Waals surface area contributed by atoms with Gasteiger partial charge in [-0.1, -0.05) is 18.2 Å². The Balaban J connectivity index is 1.51. The molecule has 5 heteroatoms. The van der Waals surface area contributed by atoms with E-state index in [4.69, 9.17) is 14.6 Å². The van der Waals surface area contributed by atoms with Crippen LogP contribution in [0.3, 0.4) is 0 Å². The second-order valence-electron chi connectivity index (χ2n) is 8.56. The third-order valence-electron chi connectivity index (χ3n) is 6.64. The van der Waals surface area contributed by atoms with Crippen molar-refractivity contribution < 1.29 is 9.47 Å². The summed E-state index contributed by atoms with van der Waals surface area (Å²) in [6.07, 6.45) is 2.84. The Morgan fingerprint density at radius 2 is 1.79 bits per heavy atom. The van der Waals surface area contributed by atoms with Crippen molar-refractivity contribution in [3.05, 3.63) is 59.7 Å². The maximum atomic E-state index is 6.70. The third-order valence-corrected chi connectivity index (χ3v) is 6.64. The van der Waals surface area contributed by atoms with Gasteiger partial charge < -0.3 is 14.4 Å². The Labute approximate surface area is 172 Å². The van der Waals surface area contributed by atoms with E-state index in [0.717, 1.165) is 55.1 Å². The summed E-state index contributed by atoms with van der Waals surface area (Å²) < 4.78 is 12.0. The first kappa shape index (κ1) is 18.5. The van der Waals surface area contributed by atoms with Crippen molar-refractivity contribution in [2.24, 2.45) is 5.10 Å². The van der Waals surface area contributed by atoms with Gasteiger partial charge in [-0.25, -0.2) is 5.01 Å². The van der Waals surface area contributed by atoms with E-state index < -0.39 is 0 Å². The van der Waals surface area contributed by atoms with Gasteiger partial charge in [-0.05, 0) is 49.7 Å². The van der Waals surface area contributed by atoms with Crippen LogP contribution in [0.2, 0.25) is 0 Å². The zero-order valence-electron chi connectivity index (χ0n) is 17.5. The Hall–Kier alpha value is -2.53. The van der Waals surface area contributed by atoms with Crippen LogP contribution in [0.25, 0.3) is 0 Å². The highest BCUT2D eigenvalue weighted by Crippen LogP contribution is 2.50. The molecule has 3 heterocycles. The van der Waals surface area contributed by atoms with Crippen LogP contribution in [0.1, 0.15) is 50.3 Å². The molecule has 0 aromatic heterocycles. The molecule has 1 spiro atoms. The molecule has 5 rings (SSSR count). The van der Waals surface area contributed by atoms with Gasteiger partial charge >= 0.3 is 0 Å². The molecule has 0 saturated carbocycles. The summed E-state index contributed by atoms with van der Waals surface area (Å²) in [6.45, 7) is 6.62. The quantitative estimate of drug-likeness (QED) is 0.775. The highest BCUT2D eigenvalue weighted by molar-refractivity contribution is 6.02. The van der Waals surface area contributed by atoms with E-state index in [1.165, 1.54) is 5.56 Å². The summed E-state index contributed by atoms with van der Waals surface area (Å²) in [6, 6.07) is 17.5. The monoisotopic (exact) mass is 391 g/mol. The third kappa shape index (κ3) is 3.08. The van der Waals surface area contributed by atoms with Crippen molar-refractivity contribution in [1.29, 1.82) is 0 Å². The van der Waals surface area contributed by atoms with Crippen molar-refractivity contribution in [3.63, 3.8) is 0 Å². The number of likely N-dealkylation sites (tertiary alicyclic amines) is 1. The minimum Gasteiger partial charge on any atom is -0.497 e. The number of benzene rings is 2. The van der Waals surface area contributed by atoms with E-state index in [-0.39, 0.29) is 11.8 Å². The van der Waals surface area contributed by atoms with Crippen LogP contribution in [0.5, 0.6) is 11.5 Å². The average Bonchev–Trinajstić information content (AvgIpc) is 3.21. The minimum atomic E-state index is -0.349. The number of nitrogens with zero attached hydrogens (tertiary/aromatic N) is 3. The molecule has 1 atom stereocenters. The second-order valence-corrected chi connectivity index (χ2v) is 8.56. The van der Waals surface area contributed by atoms with Crippen molar-refractivity contribution >= 4 is 5.71 Å². The summed E-state index contributed by atoms with van der Waals surface area (Å²) in [5.74, 6) is 1.90. The van der Waals surface area contributed by atoms with Gasteiger partial charge in [0.1, 0.15) is 11.5 Å². The Bertz CT molecular complexity index is 914. The summed E-state index contributed by atoms with van der Waals surface area (Å²) >= 11 is 0. The Morgan fingerprint density at radius 1 is 1.07 bits per heavy atom. The first-order valence-electron chi connectivity index (χ1n) is 10.6. The fourth-order valence-electron chi connectivity index (χ4n) is 4.91. The number of piperidine rings is 1. The van der Waals surface area contributed by atoms with Gasteiger partial charge in [0, 0.05) is 44.0 Å². The van der Waals surface area contributed by atoms with Crippen LogP contribution in [0, 0.1) is 0 Å². The smallest absolute Gasteiger partial charge is 0.200 e. The molecule has 2 aromatic rings. The molecule has 1 saturated heterocycles. The van der Waals surface area contributed by atoms with Gasteiger partial charge in [-0.15, -0.1) is 0 Å². The van der Waals surface area contributed by atoms with Gasteiger partial charge in [0.2, 0.25) is 5.72 Å². The summed E-state index contributed by atoms with van der Waals surface area (Å²) in [5.41, 5.74) is 3.19. The number of methoxy groups -OCH3 is 1. The molecule has 3 aliphatic heterocycles. The number of hydrazone groups is 1. The molecule has 0 bridgehead atoms. The lowest BCUT2D eigenvalue weighted by atomic mass is 9.90. The van der Waals surface area contributed by atoms with Crippen LogP contribution in [0.4, 0.5) is 0 Å². The number of hydrogen-bond donors (Lipinski definition) is 0. The normalized spacial score (nSPS) is 22.8. The van der Waals surface area contributed by atoms with Crippen molar-refractivity contribution in [2.45, 2.75) is 50.9 Å². The SMILES string of the molecule is COc1ccc(C2=NN3C(C2)c2ccccc2OC32CCN(C(C)C)CC2)cc1. The fourth-order valence-corrected chi connectivity index (χ4v) is 4.91. The van der Waals surface area contributed by atoms with Crippen molar-refractivity contribution in [2.75, 3.05) is 20.2 Å². The number of para-hydroxylation sites is 1. The summed E-state index contributed by atoms with van der Waals surface area (Å²) in [5, 5.41) is 7.43. The number of hydrogen-bond acceptors (Lipinski definition) is 5. The van der Waals surface area contributed by atoms with E-state index in [1.807, 2.05) is 12.1 Å². The first-order valence-corrected chi connectivity index (χ1v) is 10.6. The topological polar surface area (TPSA) is 37.3 Å². The maximum absolute atomic E-state index is 6.70. The lowest BCUT2D eigenvalue weighted by Gasteiger charge is -2.51. The van der Waals surface area contributed by atoms with E-state index in [1.54, 1.807) is 7.11 Å². The summed E-state index contributed by atoms with van der Waals surface area (Å²) in [4.78, 5) is 2.54. The van der Waals surface area contributed by atoms with Crippen LogP contribution in [0.15, 0.2) is 53.6 Å². The highest BCUT2D eigenvalue weighted by Gasteiger charge is 2.51. The van der Waals surface area contributed by atoms with E-state index >= 15 is 0 Å². The lowest BCUT2D eigenvalue weighted by molar-refractivity contribution is -0.152. The molecule has 152 valence electrons. The molecule has 3 aliphatic rings. The molecule has 29 heavy (non-hydrogen) atoms. The van der Waals surface area contributed by atoms with Crippen LogP contribution in [-0.4, -0.2) is 47.6 Å². The van der Waals surface area contributed by atoms with Crippen molar-refractivity contribution in [3.8, 4) is 11.5 Å². The molecule has 0 amide bonds. The zero-order chi connectivity index (χ0) is 20.0. The van der Waals surface area contributed by atoms with Crippen LogP contribution >= 0.6 is 0 Å². The van der Waals surface area contributed by atoms with Crippen LogP contribution < -0.4 is 9.47 Å². The molecule has 1 fully saturated rings. The number of fused-ring (bicyclic) bond motifs is 4.